The largest absolute Gasteiger partial charge is 0.316 e. The lowest BCUT2D eigenvalue weighted by molar-refractivity contribution is 0.552. The van der Waals surface area contributed by atoms with Crippen molar-refractivity contribution in [3.05, 3.63) is 50.5 Å². The van der Waals surface area contributed by atoms with Crippen molar-refractivity contribution >= 4 is 11.3 Å². The summed E-state index contributed by atoms with van der Waals surface area (Å²) in [7, 11) is 2.05. The molecule has 0 bridgehead atoms. The molecule has 108 valence electrons. The maximum atomic E-state index is 4.58. The smallest absolute Gasteiger partial charge is 0.0943 e. The first kappa shape index (κ1) is 15.2. The van der Waals surface area contributed by atoms with E-state index in [4.69, 9.17) is 0 Å². The Hall–Kier alpha value is -1.19. The predicted molar refractivity (Wildman–Crippen MR) is 87.8 cm³/mol. The van der Waals surface area contributed by atoms with Crippen molar-refractivity contribution in [2.24, 2.45) is 0 Å². The Kier molecular flexibility index (Phi) is 4.95. The quantitative estimate of drug-likeness (QED) is 0.906. The Morgan fingerprint density at radius 3 is 2.25 bits per heavy atom. The second-order valence-electron chi connectivity index (χ2n) is 5.65. The molecule has 0 amide bonds. The molecule has 1 heterocycles. The van der Waals surface area contributed by atoms with Gasteiger partial charge in [-0.3, -0.25) is 0 Å². The molecule has 1 unspecified atom stereocenters. The van der Waals surface area contributed by atoms with Crippen molar-refractivity contribution in [3.63, 3.8) is 0 Å². The van der Waals surface area contributed by atoms with Crippen LogP contribution in [0.4, 0.5) is 0 Å². The Morgan fingerprint density at radius 2 is 1.75 bits per heavy atom. The van der Waals surface area contributed by atoms with Gasteiger partial charge in [-0.25, -0.2) is 4.98 Å². The molecule has 0 fully saturated rings. The highest BCUT2D eigenvalue weighted by atomic mass is 32.1. The second kappa shape index (κ2) is 6.51. The average molecular weight is 288 g/mol. The third-order valence-electron chi connectivity index (χ3n) is 3.79. The van der Waals surface area contributed by atoms with Crippen LogP contribution < -0.4 is 5.32 Å². The molecule has 0 saturated carbocycles. The summed E-state index contributed by atoms with van der Waals surface area (Å²) in [6, 6.07) is 5.01. The minimum Gasteiger partial charge on any atom is -0.316 e. The van der Waals surface area contributed by atoms with Gasteiger partial charge in [0.05, 0.1) is 5.01 Å². The second-order valence-corrected chi connectivity index (χ2v) is 6.60. The van der Waals surface area contributed by atoms with Crippen molar-refractivity contribution < 1.29 is 0 Å². The highest BCUT2D eigenvalue weighted by Gasteiger charge is 2.14. The fourth-order valence-corrected chi connectivity index (χ4v) is 3.62. The molecule has 1 aromatic heterocycles. The number of hydrogen-bond acceptors (Lipinski definition) is 3. The van der Waals surface area contributed by atoms with E-state index >= 15 is 0 Å². The monoisotopic (exact) mass is 288 g/mol. The number of benzene rings is 1. The van der Waals surface area contributed by atoms with Crippen molar-refractivity contribution in [1.82, 2.24) is 10.3 Å². The first-order valence-electron chi connectivity index (χ1n) is 7.14. The molecule has 0 spiro atoms. The maximum Gasteiger partial charge on any atom is 0.0943 e. The topological polar surface area (TPSA) is 24.9 Å². The van der Waals surface area contributed by atoms with Gasteiger partial charge in [0.25, 0.3) is 0 Å². The Balaban J connectivity index is 2.14. The van der Waals surface area contributed by atoms with Gasteiger partial charge in [-0.2, -0.15) is 0 Å². The van der Waals surface area contributed by atoms with Crippen LogP contribution >= 0.6 is 11.3 Å². The van der Waals surface area contributed by atoms with Crippen LogP contribution in [0.2, 0.25) is 0 Å². The molecule has 2 aromatic rings. The number of aryl methyl sites for hydroxylation is 4. The summed E-state index contributed by atoms with van der Waals surface area (Å²) in [5, 5.41) is 6.80. The van der Waals surface area contributed by atoms with Gasteiger partial charge >= 0.3 is 0 Å². The van der Waals surface area contributed by atoms with Crippen LogP contribution in [0.5, 0.6) is 0 Å². The van der Waals surface area contributed by atoms with Gasteiger partial charge in [0.2, 0.25) is 0 Å². The van der Waals surface area contributed by atoms with Crippen LogP contribution in [0.15, 0.2) is 17.5 Å². The molecule has 0 radical (unpaired) electrons. The normalized spacial score (nSPS) is 12.7. The highest BCUT2D eigenvalue weighted by Crippen LogP contribution is 2.20. The third-order valence-corrected chi connectivity index (χ3v) is 4.78. The first-order chi connectivity index (χ1) is 9.49. The summed E-state index contributed by atoms with van der Waals surface area (Å²) in [5.74, 6) is 0. The van der Waals surface area contributed by atoms with E-state index in [9.17, 15) is 0 Å². The molecular weight excluding hydrogens is 264 g/mol. The van der Waals surface area contributed by atoms with Crippen molar-refractivity contribution in [1.29, 1.82) is 0 Å². The number of thiazole rings is 1. The summed E-state index contributed by atoms with van der Waals surface area (Å²) in [6.07, 6.45) is 2.06. The van der Waals surface area contributed by atoms with Crippen molar-refractivity contribution in [3.8, 4) is 0 Å². The zero-order valence-electron chi connectivity index (χ0n) is 13.1. The average Bonchev–Trinajstić information content (AvgIpc) is 2.77. The van der Waals surface area contributed by atoms with Crippen molar-refractivity contribution in [2.45, 2.75) is 46.6 Å². The first-order valence-corrected chi connectivity index (χ1v) is 8.02. The van der Waals surface area contributed by atoms with E-state index < -0.39 is 0 Å². The van der Waals surface area contributed by atoms with Gasteiger partial charge in [0.1, 0.15) is 0 Å². The molecule has 2 rings (SSSR count). The Labute approximate surface area is 126 Å². The van der Waals surface area contributed by atoms with E-state index in [2.05, 4.69) is 55.5 Å². The van der Waals surface area contributed by atoms with Crippen LogP contribution in [-0.2, 0) is 12.8 Å². The molecule has 2 nitrogen and oxygen atoms in total. The standard InChI is InChI=1S/C17H24N2S/c1-11-6-12(2)16(13(3)7-11)8-15(18-5)9-17-19-14(4)10-20-17/h6-7,10,15,18H,8-9H2,1-5H3. The predicted octanol–water partition coefficient (Wildman–Crippen LogP) is 3.75. The third kappa shape index (κ3) is 3.68. The number of rotatable bonds is 5. The molecule has 1 atom stereocenters. The lowest BCUT2D eigenvalue weighted by atomic mass is 9.93. The van der Waals surface area contributed by atoms with Gasteiger partial charge in [-0.15, -0.1) is 11.3 Å². The van der Waals surface area contributed by atoms with E-state index in [0.29, 0.717) is 6.04 Å². The Morgan fingerprint density at radius 1 is 1.10 bits per heavy atom. The summed E-state index contributed by atoms with van der Waals surface area (Å²) in [5.41, 5.74) is 6.75. The molecule has 0 saturated heterocycles. The summed E-state index contributed by atoms with van der Waals surface area (Å²) < 4.78 is 0. The molecule has 1 N–H and O–H groups in total. The van der Waals surface area contributed by atoms with E-state index in [0.717, 1.165) is 18.5 Å². The van der Waals surface area contributed by atoms with Crippen LogP contribution in [0.1, 0.15) is 33.0 Å². The van der Waals surface area contributed by atoms with E-state index in [-0.39, 0.29) is 0 Å². The number of hydrogen-bond donors (Lipinski definition) is 1. The number of likely N-dealkylation sites (N-methyl/N-ethyl adjacent to an activating group) is 1. The summed E-state index contributed by atoms with van der Waals surface area (Å²) in [6.45, 7) is 8.66. The van der Waals surface area contributed by atoms with Crippen LogP contribution in [-0.4, -0.2) is 18.1 Å². The molecule has 0 aliphatic heterocycles. The maximum absolute atomic E-state index is 4.58. The highest BCUT2D eigenvalue weighted by molar-refractivity contribution is 7.09. The minimum absolute atomic E-state index is 0.445. The van der Waals surface area contributed by atoms with Crippen LogP contribution in [0.25, 0.3) is 0 Å². The fourth-order valence-electron chi connectivity index (χ4n) is 2.76. The molecular formula is C17H24N2S. The molecule has 20 heavy (non-hydrogen) atoms. The SMILES string of the molecule is CNC(Cc1nc(C)cs1)Cc1c(C)cc(C)cc1C. The van der Waals surface area contributed by atoms with Crippen LogP contribution in [0.3, 0.4) is 0 Å². The Bertz CT molecular complexity index is 563. The van der Waals surface area contributed by atoms with E-state index in [1.807, 2.05) is 7.05 Å². The van der Waals surface area contributed by atoms with Gasteiger partial charge in [-0.1, -0.05) is 17.7 Å². The van der Waals surface area contributed by atoms with E-state index in [1.54, 1.807) is 11.3 Å². The summed E-state index contributed by atoms with van der Waals surface area (Å²) >= 11 is 1.76. The molecule has 0 aliphatic rings. The summed E-state index contributed by atoms with van der Waals surface area (Å²) in [4.78, 5) is 4.58. The van der Waals surface area contributed by atoms with Gasteiger partial charge < -0.3 is 5.32 Å². The zero-order valence-corrected chi connectivity index (χ0v) is 13.9. The van der Waals surface area contributed by atoms with Crippen LogP contribution in [0, 0.1) is 27.7 Å². The molecule has 1 aromatic carbocycles. The fraction of sp³-hybridized carbons (Fsp3) is 0.471. The number of nitrogens with one attached hydrogen (secondary N) is 1. The zero-order chi connectivity index (χ0) is 14.7. The van der Waals surface area contributed by atoms with E-state index in [1.165, 1.54) is 27.3 Å². The van der Waals surface area contributed by atoms with Gasteiger partial charge in [0, 0.05) is 23.5 Å². The molecule has 3 heteroatoms. The molecule has 0 aliphatic carbocycles. The number of aromatic nitrogens is 1. The number of nitrogens with zero attached hydrogens (tertiary/aromatic N) is 1. The lowest BCUT2D eigenvalue weighted by Crippen LogP contribution is -2.30. The van der Waals surface area contributed by atoms with Gasteiger partial charge in [-0.05, 0) is 57.9 Å². The van der Waals surface area contributed by atoms with Gasteiger partial charge in [0.15, 0.2) is 0 Å². The van der Waals surface area contributed by atoms with Crippen molar-refractivity contribution in [2.75, 3.05) is 7.05 Å². The lowest BCUT2D eigenvalue weighted by Gasteiger charge is -2.18. The minimum atomic E-state index is 0.445.